The number of fused-ring (bicyclic) bond motifs is 1. The molecule has 1 saturated heterocycles. The van der Waals surface area contributed by atoms with E-state index in [0.717, 1.165) is 19.4 Å². The molecule has 3 rings (SSSR count). The molecule has 1 N–H and O–H groups in total. The summed E-state index contributed by atoms with van der Waals surface area (Å²) in [4.78, 5) is 0. The van der Waals surface area contributed by atoms with Crippen LogP contribution in [0.2, 0.25) is 0 Å². The van der Waals surface area contributed by atoms with E-state index in [1.807, 2.05) is 12.1 Å². The van der Waals surface area contributed by atoms with Crippen molar-refractivity contribution in [3.8, 4) is 0 Å². The van der Waals surface area contributed by atoms with Gasteiger partial charge in [-0.05, 0) is 35.2 Å². The Morgan fingerprint density at radius 2 is 2.16 bits per heavy atom. The first kappa shape index (κ1) is 13.1. The van der Waals surface area contributed by atoms with Crippen molar-refractivity contribution >= 4 is 31.3 Å². The van der Waals surface area contributed by atoms with Gasteiger partial charge in [0, 0.05) is 17.8 Å². The number of rotatable bonds is 4. The third-order valence-corrected chi connectivity index (χ3v) is 7.00. The zero-order valence-electron chi connectivity index (χ0n) is 10.6. The molecule has 5 heteroatoms. The smallest absolute Gasteiger partial charge is 0.154 e. The average molecular weight is 295 g/mol. The highest BCUT2D eigenvalue weighted by Gasteiger charge is 2.30. The van der Waals surface area contributed by atoms with Gasteiger partial charge in [-0.2, -0.15) is 0 Å². The number of thiophene rings is 1. The Morgan fingerprint density at radius 1 is 1.32 bits per heavy atom. The molecule has 2 heterocycles. The fourth-order valence-electron chi connectivity index (χ4n) is 2.62. The minimum atomic E-state index is -2.83. The van der Waals surface area contributed by atoms with Gasteiger partial charge in [0.2, 0.25) is 0 Å². The standard InChI is InChI=1S/C14H17NO2S2/c16-19(17)7-3-4-12(19)9-15-8-11-10-18-14-6-2-1-5-13(11)14/h1-2,5-6,10,12,15H,3-4,7-9H2. The summed E-state index contributed by atoms with van der Waals surface area (Å²) in [5, 5.41) is 6.55. The van der Waals surface area contributed by atoms with Crippen molar-refractivity contribution < 1.29 is 8.42 Å². The van der Waals surface area contributed by atoms with Crippen molar-refractivity contribution in [2.45, 2.75) is 24.6 Å². The van der Waals surface area contributed by atoms with E-state index < -0.39 is 9.84 Å². The lowest BCUT2D eigenvalue weighted by molar-refractivity contribution is 0.574. The second-order valence-corrected chi connectivity index (χ2v) is 8.33. The van der Waals surface area contributed by atoms with E-state index in [1.165, 1.54) is 15.6 Å². The Kier molecular flexibility index (Phi) is 3.60. The van der Waals surface area contributed by atoms with Crippen LogP contribution in [0.25, 0.3) is 10.1 Å². The lowest BCUT2D eigenvalue weighted by atomic mass is 10.2. The predicted octanol–water partition coefficient (Wildman–Crippen LogP) is 2.57. The minimum absolute atomic E-state index is 0.183. The average Bonchev–Trinajstić information content (AvgIpc) is 2.94. The first-order valence-corrected chi connectivity index (χ1v) is 9.14. The zero-order chi connectivity index (χ0) is 13.3. The van der Waals surface area contributed by atoms with Gasteiger partial charge >= 0.3 is 0 Å². The van der Waals surface area contributed by atoms with Gasteiger partial charge in [0.25, 0.3) is 0 Å². The van der Waals surface area contributed by atoms with Crippen LogP contribution in [-0.2, 0) is 16.4 Å². The van der Waals surface area contributed by atoms with Crippen LogP contribution in [-0.4, -0.2) is 26.0 Å². The van der Waals surface area contributed by atoms with Crippen LogP contribution in [0.4, 0.5) is 0 Å². The van der Waals surface area contributed by atoms with Crippen LogP contribution in [0.3, 0.4) is 0 Å². The van der Waals surface area contributed by atoms with E-state index in [4.69, 9.17) is 0 Å². The number of hydrogen-bond donors (Lipinski definition) is 1. The lowest BCUT2D eigenvalue weighted by Gasteiger charge is -2.10. The lowest BCUT2D eigenvalue weighted by Crippen LogP contribution is -2.30. The van der Waals surface area contributed by atoms with E-state index in [2.05, 4.69) is 22.8 Å². The molecule has 1 atom stereocenters. The van der Waals surface area contributed by atoms with Crippen LogP contribution in [0.15, 0.2) is 29.6 Å². The number of sulfone groups is 1. The molecule has 1 aliphatic heterocycles. The van der Waals surface area contributed by atoms with Crippen molar-refractivity contribution in [1.82, 2.24) is 5.32 Å². The first-order valence-electron chi connectivity index (χ1n) is 6.54. The molecule has 0 spiro atoms. The van der Waals surface area contributed by atoms with E-state index in [1.54, 1.807) is 11.3 Å². The Labute approximate surface area is 117 Å². The second-order valence-electron chi connectivity index (χ2n) is 5.02. The van der Waals surface area contributed by atoms with Crippen molar-refractivity contribution in [3.63, 3.8) is 0 Å². The SMILES string of the molecule is O=S1(=O)CCCC1CNCc1csc2ccccc12. The summed E-state index contributed by atoms with van der Waals surface area (Å²) in [5.41, 5.74) is 1.26. The van der Waals surface area contributed by atoms with E-state index >= 15 is 0 Å². The normalized spacial score (nSPS) is 22.0. The maximum Gasteiger partial charge on any atom is 0.154 e. The van der Waals surface area contributed by atoms with E-state index in [-0.39, 0.29) is 5.25 Å². The summed E-state index contributed by atoms with van der Waals surface area (Å²) in [7, 11) is -2.83. The van der Waals surface area contributed by atoms with Gasteiger partial charge in [-0.1, -0.05) is 18.2 Å². The molecule has 1 fully saturated rings. The summed E-state index contributed by atoms with van der Waals surface area (Å²) in [6.45, 7) is 1.32. The van der Waals surface area contributed by atoms with Crippen LogP contribution in [0.5, 0.6) is 0 Å². The quantitative estimate of drug-likeness (QED) is 0.943. The summed E-state index contributed by atoms with van der Waals surface area (Å²) in [6.07, 6.45) is 1.62. The first-order chi connectivity index (χ1) is 9.17. The highest BCUT2D eigenvalue weighted by Crippen LogP contribution is 2.25. The molecule has 3 nitrogen and oxygen atoms in total. The van der Waals surface area contributed by atoms with Crippen LogP contribution < -0.4 is 5.32 Å². The Hall–Kier alpha value is -0.910. The highest BCUT2D eigenvalue weighted by atomic mass is 32.2. The minimum Gasteiger partial charge on any atom is -0.311 e. The monoisotopic (exact) mass is 295 g/mol. The Morgan fingerprint density at radius 3 is 2.95 bits per heavy atom. The number of nitrogens with one attached hydrogen (secondary N) is 1. The molecule has 0 saturated carbocycles. The van der Waals surface area contributed by atoms with Gasteiger partial charge in [0.05, 0.1) is 11.0 Å². The number of hydrogen-bond acceptors (Lipinski definition) is 4. The van der Waals surface area contributed by atoms with Gasteiger partial charge < -0.3 is 5.32 Å². The van der Waals surface area contributed by atoms with Gasteiger partial charge in [0.1, 0.15) is 0 Å². The third kappa shape index (κ3) is 2.68. The molecule has 1 aromatic carbocycles. The molecule has 2 aromatic rings. The fraction of sp³-hybridized carbons (Fsp3) is 0.429. The van der Waals surface area contributed by atoms with Gasteiger partial charge in [-0.3, -0.25) is 0 Å². The molecule has 0 bridgehead atoms. The molecular formula is C14H17NO2S2. The fourth-order valence-corrected chi connectivity index (χ4v) is 5.39. The molecular weight excluding hydrogens is 278 g/mol. The Balaban J connectivity index is 1.64. The van der Waals surface area contributed by atoms with Crippen molar-refractivity contribution in [1.29, 1.82) is 0 Å². The maximum atomic E-state index is 11.7. The van der Waals surface area contributed by atoms with Crippen molar-refractivity contribution in [3.05, 3.63) is 35.2 Å². The topological polar surface area (TPSA) is 46.2 Å². The molecule has 1 unspecified atom stereocenters. The molecule has 0 aliphatic carbocycles. The molecule has 102 valence electrons. The molecule has 19 heavy (non-hydrogen) atoms. The van der Waals surface area contributed by atoms with Gasteiger partial charge in [0.15, 0.2) is 9.84 Å². The molecule has 1 aromatic heterocycles. The van der Waals surface area contributed by atoms with Crippen molar-refractivity contribution in [2.75, 3.05) is 12.3 Å². The summed E-state index contributed by atoms with van der Waals surface area (Å²) < 4.78 is 24.7. The number of benzene rings is 1. The maximum absolute atomic E-state index is 11.7. The zero-order valence-corrected chi connectivity index (χ0v) is 12.3. The van der Waals surface area contributed by atoms with Crippen LogP contribution in [0.1, 0.15) is 18.4 Å². The van der Waals surface area contributed by atoms with E-state index in [0.29, 0.717) is 12.3 Å². The van der Waals surface area contributed by atoms with Crippen LogP contribution in [0, 0.1) is 0 Å². The third-order valence-electron chi connectivity index (χ3n) is 3.71. The molecule has 1 aliphatic rings. The highest BCUT2D eigenvalue weighted by molar-refractivity contribution is 7.92. The second kappa shape index (κ2) is 5.23. The molecule has 0 radical (unpaired) electrons. The summed E-state index contributed by atoms with van der Waals surface area (Å²) in [6, 6.07) is 8.32. The predicted molar refractivity (Wildman–Crippen MR) is 80.3 cm³/mol. The van der Waals surface area contributed by atoms with E-state index in [9.17, 15) is 8.42 Å². The van der Waals surface area contributed by atoms with Crippen LogP contribution >= 0.6 is 11.3 Å². The largest absolute Gasteiger partial charge is 0.311 e. The Bertz CT molecular complexity index is 676. The van der Waals surface area contributed by atoms with Gasteiger partial charge in [-0.15, -0.1) is 11.3 Å². The summed E-state index contributed by atoms with van der Waals surface area (Å²) in [5.74, 6) is 0.362. The van der Waals surface area contributed by atoms with Crippen molar-refractivity contribution in [2.24, 2.45) is 0 Å². The summed E-state index contributed by atoms with van der Waals surface area (Å²) >= 11 is 1.74. The van der Waals surface area contributed by atoms with Gasteiger partial charge in [-0.25, -0.2) is 8.42 Å². The molecule has 0 amide bonds.